The fourth-order valence-corrected chi connectivity index (χ4v) is 2.78. The van der Waals surface area contributed by atoms with Crippen LogP contribution >= 0.6 is 31.9 Å². The topological polar surface area (TPSA) is 42.7 Å². The molecule has 102 valence electrons. The van der Waals surface area contributed by atoms with Crippen LogP contribution in [0.5, 0.6) is 0 Å². The molecule has 0 saturated heterocycles. The lowest BCUT2D eigenvalue weighted by Gasteiger charge is -2.16. The zero-order chi connectivity index (χ0) is 14.0. The van der Waals surface area contributed by atoms with Gasteiger partial charge in [0.05, 0.1) is 27.6 Å². The van der Waals surface area contributed by atoms with Crippen LogP contribution in [-0.4, -0.2) is 21.8 Å². The number of likely N-dealkylation sites (N-methyl/N-ethyl adjacent to an activating group) is 1. The van der Waals surface area contributed by atoms with E-state index >= 15 is 0 Å². The Morgan fingerprint density at radius 2 is 2.11 bits per heavy atom. The fraction of sp³-hybridized carbons (Fsp3) is 0.385. The lowest BCUT2D eigenvalue weighted by Crippen LogP contribution is -2.21. The number of aromatic nitrogens is 3. The highest BCUT2D eigenvalue weighted by atomic mass is 79.9. The number of nitrogens with zero attached hydrogens (tertiary/aromatic N) is 3. The van der Waals surface area contributed by atoms with Crippen molar-refractivity contribution in [3.8, 4) is 0 Å². The largest absolute Gasteiger partial charge is 0.311 e. The molecule has 0 spiro atoms. The van der Waals surface area contributed by atoms with Crippen LogP contribution in [0, 0.1) is 6.92 Å². The molecule has 0 saturated carbocycles. The Labute approximate surface area is 129 Å². The monoisotopic (exact) mass is 386 g/mol. The first-order valence-corrected chi connectivity index (χ1v) is 7.58. The summed E-state index contributed by atoms with van der Waals surface area (Å²) >= 11 is 7.01. The van der Waals surface area contributed by atoms with Crippen molar-refractivity contribution < 1.29 is 0 Å². The van der Waals surface area contributed by atoms with E-state index < -0.39 is 0 Å². The summed E-state index contributed by atoms with van der Waals surface area (Å²) in [5, 5.41) is 7.73. The zero-order valence-electron chi connectivity index (χ0n) is 11.1. The summed E-state index contributed by atoms with van der Waals surface area (Å²) in [5.41, 5.74) is 3.20. The number of rotatable bonds is 4. The predicted octanol–water partition coefficient (Wildman–Crippen LogP) is 3.15. The van der Waals surface area contributed by atoms with Crippen LogP contribution in [0.25, 0.3) is 0 Å². The third-order valence-corrected chi connectivity index (χ3v) is 4.62. The predicted molar refractivity (Wildman–Crippen MR) is 83.1 cm³/mol. The van der Waals surface area contributed by atoms with Gasteiger partial charge >= 0.3 is 0 Å². The molecule has 2 aromatic rings. The van der Waals surface area contributed by atoms with Crippen molar-refractivity contribution in [2.24, 2.45) is 7.05 Å². The minimum Gasteiger partial charge on any atom is -0.311 e. The van der Waals surface area contributed by atoms with Gasteiger partial charge in [0.25, 0.3) is 0 Å². The minimum absolute atomic E-state index is 0.166. The van der Waals surface area contributed by atoms with Crippen LogP contribution in [0.4, 0.5) is 0 Å². The van der Waals surface area contributed by atoms with E-state index in [1.807, 2.05) is 44.0 Å². The van der Waals surface area contributed by atoms with Crippen LogP contribution in [0.15, 0.2) is 27.3 Å². The maximum atomic E-state index is 4.46. The molecule has 2 aromatic heterocycles. The summed E-state index contributed by atoms with van der Waals surface area (Å²) in [5.74, 6) is 0. The molecule has 1 atom stereocenters. The van der Waals surface area contributed by atoms with Crippen LogP contribution in [-0.2, 0) is 13.5 Å². The van der Waals surface area contributed by atoms with Crippen LogP contribution in [0.2, 0.25) is 0 Å². The van der Waals surface area contributed by atoms with E-state index in [4.69, 9.17) is 0 Å². The molecule has 0 radical (unpaired) electrons. The number of aryl methyl sites for hydroxylation is 2. The second-order valence-corrected chi connectivity index (χ2v) is 6.13. The van der Waals surface area contributed by atoms with E-state index in [0.29, 0.717) is 0 Å². The number of halogens is 2. The van der Waals surface area contributed by atoms with Gasteiger partial charge < -0.3 is 5.32 Å². The maximum absolute atomic E-state index is 4.46. The third kappa shape index (κ3) is 3.24. The average Bonchev–Trinajstić information content (AvgIpc) is 2.63. The van der Waals surface area contributed by atoms with Gasteiger partial charge in [-0.05, 0) is 58.0 Å². The highest BCUT2D eigenvalue weighted by molar-refractivity contribution is 9.10. The molecule has 0 aliphatic heterocycles. The van der Waals surface area contributed by atoms with Gasteiger partial charge in [-0.15, -0.1) is 0 Å². The molecule has 19 heavy (non-hydrogen) atoms. The normalized spacial score (nSPS) is 12.7. The van der Waals surface area contributed by atoms with Gasteiger partial charge in [0.2, 0.25) is 0 Å². The quantitative estimate of drug-likeness (QED) is 0.876. The molecule has 0 aliphatic carbocycles. The van der Waals surface area contributed by atoms with E-state index in [-0.39, 0.29) is 6.04 Å². The Kier molecular flexibility index (Phi) is 4.76. The summed E-state index contributed by atoms with van der Waals surface area (Å²) in [6, 6.07) is 4.21. The first kappa shape index (κ1) is 14.7. The Morgan fingerprint density at radius 1 is 1.37 bits per heavy atom. The lowest BCUT2D eigenvalue weighted by atomic mass is 10.1. The fourth-order valence-electron chi connectivity index (χ4n) is 2.04. The first-order chi connectivity index (χ1) is 9.02. The summed E-state index contributed by atoms with van der Waals surface area (Å²) in [6.45, 7) is 2.00. The highest BCUT2D eigenvalue weighted by Gasteiger charge is 2.17. The van der Waals surface area contributed by atoms with Gasteiger partial charge in [0.1, 0.15) is 0 Å². The summed E-state index contributed by atoms with van der Waals surface area (Å²) < 4.78 is 3.99. The molecule has 0 amide bonds. The number of nitrogens with one attached hydrogen (secondary N) is 1. The lowest BCUT2D eigenvalue weighted by molar-refractivity contribution is 0.547. The van der Waals surface area contributed by atoms with Crippen molar-refractivity contribution in [1.29, 1.82) is 0 Å². The van der Waals surface area contributed by atoms with E-state index in [1.54, 1.807) is 0 Å². The number of pyridine rings is 1. The number of hydrogen-bond acceptors (Lipinski definition) is 3. The second-order valence-electron chi connectivity index (χ2n) is 4.42. The Morgan fingerprint density at radius 3 is 2.58 bits per heavy atom. The number of hydrogen-bond donors (Lipinski definition) is 1. The summed E-state index contributed by atoms with van der Waals surface area (Å²) in [6.07, 6.45) is 2.66. The molecule has 0 aromatic carbocycles. The van der Waals surface area contributed by atoms with Gasteiger partial charge in [0.15, 0.2) is 0 Å². The zero-order valence-corrected chi connectivity index (χ0v) is 14.3. The molecule has 1 unspecified atom stereocenters. The van der Waals surface area contributed by atoms with Crippen molar-refractivity contribution in [2.45, 2.75) is 19.4 Å². The van der Waals surface area contributed by atoms with Crippen molar-refractivity contribution in [2.75, 3.05) is 7.05 Å². The van der Waals surface area contributed by atoms with Gasteiger partial charge in [-0.25, -0.2) is 0 Å². The van der Waals surface area contributed by atoms with Gasteiger partial charge in [0, 0.05) is 24.1 Å². The molecular weight excluding hydrogens is 372 g/mol. The van der Waals surface area contributed by atoms with Crippen LogP contribution in [0.1, 0.15) is 23.1 Å². The SMILES string of the molecule is CNC(Cc1c(Br)c(C)nn1C)c1ccc(Br)cn1. The minimum atomic E-state index is 0.166. The average molecular weight is 388 g/mol. The molecule has 4 nitrogen and oxygen atoms in total. The molecule has 0 bridgehead atoms. The van der Waals surface area contributed by atoms with Crippen molar-refractivity contribution >= 4 is 31.9 Å². The van der Waals surface area contributed by atoms with Gasteiger partial charge in [-0.3, -0.25) is 9.67 Å². The van der Waals surface area contributed by atoms with Crippen LogP contribution in [0.3, 0.4) is 0 Å². The van der Waals surface area contributed by atoms with Crippen molar-refractivity contribution in [3.63, 3.8) is 0 Å². The van der Waals surface area contributed by atoms with Gasteiger partial charge in [-0.2, -0.15) is 5.10 Å². The standard InChI is InChI=1S/C13H16Br2N4/c1-8-13(15)12(19(3)18-8)6-11(16-2)10-5-4-9(14)7-17-10/h4-5,7,11,16H,6H2,1-3H3. The smallest absolute Gasteiger partial charge is 0.0738 e. The molecule has 2 heterocycles. The van der Waals surface area contributed by atoms with Gasteiger partial charge in [-0.1, -0.05) is 0 Å². The van der Waals surface area contributed by atoms with Crippen molar-refractivity contribution in [1.82, 2.24) is 20.1 Å². The van der Waals surface area contributed by atoms with E-state index in [9.17, 15) is 0 Å². The Hall–Kier alpha value is -0.720. The Balaban J connectivity index is 2.26. The molecule has 0 fully saturated rings. The van der Waals surface area contributed by atoms with E-state index in [1.165, 1.54) is 5.69 Å². The second kappa shape index (κ2) is 6.15. The highest BCUT2D eigenvalue weighted by Crippen LogP contribution is 2.25. The van der Waals surface area contributed by atoms with E-state index in [2.05, 4.69) is 47.3 Å². The molecule has 0 aliphatic rings. The van der Waals surface area contributed by atoms with Crippen molar-refractivity contribution in [3.05, 3.63) is 44.4 Å². The Bertz CT molecular complexity index is 563. The molecule has 2 rings (SSSR count). The summed E-state index contributed by atoms with van der Waals surface area (Å²) in [4.78, 5) is 4.46. The first-order valence-electron chi connectivity index (χ1n) is 5.99. The molecule has 1 N–H and O–H groups in total. The van der Waals surface area contributed by atoms with Crippen LogP contribution < -0.4 is 5.32 Å². The van der Waals surface area contributed by atoms with E-state index in [0.717, 1.165) is 26.8 Å². The molecule has 6 heteroatoms. The third-order valence-electron chi connectivity index (χ3n) is 3.11. The summed E-state index contributed by atoms with van der Waals surface area (Å²) in [7, 11) is 3.92. The molecular formula is C13H16Br2N4. The maximum Gasteiger partial charge on any atom is 0.0738 e.